The summed E-state index contributed by atoms with van der Waals surface area (Å²) >= 11 is 19.8. The molecule has 4 nitrogen and oxygen atoms in total. The molecule has 8 heteroatoms. The summed E-state index contributed by atoms with van der Waals surface area (Å²) in [4.78, 5) is 28.9. The quantitative estimate of drug-likeness (QED) is 0.220. The van der Waals surface area contributed by atoms with Crippen molar-refractivity contribution in [3.63, 3.8) is 0 Å². The lowest BCUT2D eigenvalue weighted by atomic mass is 10.1. The molecular formula is C25H31Cl3N2O2S. The van der Waals surface area contributed by atoms with Crippen molar-refractivity contribution < 1.29 is 9.59 Å². The fourth-order valence-corrected chi connectivity index (χ4v) is 4.65. The van der Waals surface area contributed by atoms with Crippen LogP contribution in [0.15, 0.2) is 47.4 Å². The Morgan fingerprint density at radius 3 is 2.36 bits per heavy atom. The molecule has 0 aromatic heterocycles. The van der Waals surface area contributed by atoms with Gasteiger partial charge in [-0.25, -0.2) is 0 Å². The lowest BCUT2D eigenvalue weighted by Gasteiger charge is -2.31. The highest BCUT2D eigenvalue weighted by atomic mass is 35.5. The van der Waals surface area contributed by atoms with E-state index in [4.69, 9.17) is 34.8 Å². The number of carbonyl (C=O) groups excluding carboxylic acids is 2. The van der Waals surface area contributed by atoms with Crippen LogP contribution in [0.2, 0.25) is 15.1 Å². The van der Waals surface area contributed by atoms with Crippen molar-refractivity contribution in [2.45, 2.75) is 63.4 Å². The predicted octanol–water partition coefficient (Wildman–Crippen LogP) is 7.24. The lowest BCUT2D eigenvalue weighted by molar-refractivity contribution is -0.141. The number of halogens is 3. The highest BCUT2D eigenvalue weighted by Gasteiger charge is 2.28. The third-order valence-corrected chi connectivity index (χ3v) is 7.26. The van der Waals surface area contributed by atoms with Crippen LogP contribution in [0.25, 0.3) is 0 Å². The van der Waals surface area contributed by atoms with E-state index in [1.54, 1.807) is 28.8 Å². The molecule has 33 heavy (non-hydrogen) atoms. The number of unbranched alkanes of at least 4 members (excludes halogenated alkanes) is 1. The number of hydrogen-bond acceptors (Lipinski definition) is 3. The molecule has 0 aliphatic heterocycles. The molecule has 2 aromatic rings. The van der Waals surface area contributed by atoms with Gasteiger partial charge in [0.2, 0.25) is 11.8 Å². The van der Waals surface area contributed by atoms with Gasteiger partial charge < -0.3 is 10.2 Å². The monoisotopic (exact) mass is 528 g/mol. The first-order chi connectivity index (χ1) is 15.8. The Bertz CT molecular complexity index is 909. The van der Waals surface area contributed by atoms with Crippen molar-refractivity contribution in [3.8, 4) is 0 Å². The smallest absolute Gasteiger partial charge is 0.242 e. The van der Waals surface area contributed by atoms with Crippen LogP contribution in [0.4, 0.5) is 0 Å². The second-order valence-electron chi connectivity index (χ2n) is 7.74. The number of amides is 2. The van der Waals surface area contributed by atoms with Gasteiger partial charge in [0.05, 0.1) is 10.0 Å². The fourth-order valence-electron chi connectivity index (χ4n) is 3.35. The van der Waals surface area contributed by atoms with Gasteiger partial charge in [0, 0.05) is 29.4 Å². The molecule has 180 valence electrons. The number of benzene rings is 2. The summed E-state index contributed by atoms with van der Waals surface area (Å²) in [6.07, 6.45) is 3.50. The van der Waals surface area contributed by atoms with Gasteiger partial charge in [0.1, 0.15) is 6.04 Å². The van der Waals surface area contributed by atoms with E-state index in [1.807, 2.05) is 37.3 Å². The molecule has 1 atom stereocenters. The zero-order chi connectivity index (χ0) is 24.2. The topological polar surface area (TPSA) is 49.4 Å². The second kappa shape index (κ2) is 14.8. The third kappa shape index (κ3) is 9.40. The van der Waals surface area contributed by atoms with Gasteiger partial charge in [0.15, 0.2) is 0 Å². The standard InChI is InChI=1S/C25H31Cl3N2O2S/c1-3-5-14-29-25(32)23(4-2)30(17-18-8-13-21(27)22(28)16-18)24(31)7-6-15-33-20-11-9-19(26)10-12-20/h8-13,16,23H,3-7,14-15,17H2,1-2H3,(H,29,32)/t23-/m0/s1. The molecule has 2 aromatic carbocycles. The summed E-state index contributed by atoms with van der Waals surface area (Å²) in [5.41, 5.74) is 0.841. The second-order valence-corrected chi connectivity index (χ2v) is 10.2. The van der Waals surface area contributed by atoms with Crippen molar-refractivity contribution in [1.82, 2.24) is 10.2 Å². The van der Waals surface area contributed by atoms with Gasteiger partial charge >= 0.3 is 0 Å². The van der Waals surface area contributed by atoms with Crippen molar-refractivity contribution in [1.29, 1.82) is 0 Å². The van der Waals surface area contributed by atoms with Gasteiger partial charge in [-0.3, -0.25) is 9.59 Å². The number of nitrogens with zero attached hydrogens (tertiary/aromatic N) is 1. The molecule has 0 heterocycles. The van der Waals surface area contributed by atoms with Crippen LogP contribution in [0.1, 0.15) is 51.5 Å². The van der Waals surface area contributed by atoms with E-state index < -0.39 is 6.04 Å². The normalized spacial score (nSPS) is 11.8. The molecule has 1 N–H and O–H groups in total. The highest BCUT2D eigenvalue weighted by molar-refractivity contribution is 7.99. The summed E-state index contributed by atoms with van der Waals surface area (Å²) in [7, 11) is 0. The number of thioether (sulfide) groups is 1. The maximum Gasteiger partial charge on any atom is 0.242 e. The zero-order valence-corrected chi connectivity index (χ0v) is 22.2. The van der Waals surface area contributed by atoms with Gasteiger partial charge in [-0.2, -0.15) is 0 Å². The fraction of sp³-hybridized carbons (Fsp3) is 0.440. The van der Waals surface area contributed by atoms with Crippen LogP contribution >= 0.6 is 46.6 Å². The van der Waals surface area contributed by atoms with E-state index in [1.165, 1.54) is 0 Å². The van der Waals surface area contributed by atoms with Crippen LogP contribution in [0.5, 0.6) is 0 Å². The Morgan fingerprint density at radius 2 is 1.73 bits per heavy atom. The van der Waals surface area contributed by atoms with Gasteiger partial charge in [-0.05, 0) is 67.0 Å². The highest BCUT2D eigenvalue weighted by Crippen LogP contribution is 2.25. The summed E-state index contributed by atoms with van der Waals surface area (Å²) in [6.45, 7) is 4.92. The summed E-state index contributed by atoms with van der Waals surface area (Å²) < 4.78 is 0. The third-order valence-electron chi connectivity index (χ3n) is 5.17. The number of rotatable bonds is 13. The van der Waals surface area contributed by atoms with Crippen LogP contribution in [-0.2, 0) is 16.1 Å². The van der Waals surface area contributed by atoms with Crippen molar-refractivity contribution in [2.24, 2.45) is 0 Å². The molecule has 2 amide bonds. The molecular weight excluding hydrogens is 499 g/mol. The average molecular weight is 530 g/mol. The van der Waals surface area contributed by atoms with Crippen LogP contribution in [-0.4, -0.2) is 35.1 Å². The average Bonchev–Trinajstić information content (AvgIpc) is 2.80. The molecule has 0 radical (unpaired) electrons. The molecule has 0 unspecified atom stereocenters. The van der Waals surface area contributed by atoms with Crippen molar-refractivity contribution in [3.05, 3.63) is 63.1 Å². The zero-order valence-electron chi connectivity index (χ0n) is 19.1. The first-order valence-electron chi connectivity index (χ1n) is 11.2. The molecule has 0 aliphatic carbocycles. The van der Waals surface area contributed by atoms with E-state index in [0.717, 1.165) is 29.1 Å². The molecule has 0 saturated carbocycles. The van der Waals surface area contributed by atoms with Gasteiger partial charge in [-0.15, -0.1) is 11.8 Å². The Morgan fingerprint density at radius 1 is 1.00 bits per heavy atom. The van der Waals surface area contributed by atoms with E-state index in [9.17, 15) is 9.59 Å². The largest absolute Gasteiger partial charge is 0.354 e. The minimum atomic E-state index is -0.535. The Hall–Kier alpha value is -1.40. The number of carbonyl (C=O) groups is 2. The molecule has 0 aliphatic rings. The number of hydrogen-bond donors (Lipinski definition) is 1. The van der Waals surface area contributed by atoms with Crippen LogP contribution in [0.3, 0.4) is 0 Å². The van der Waals surface area contributed by atoms with E-state index in [2.05, 4.69) is 12.2 Å². The van der Waals surface area contributed by atoms with Gasteiger partial charge in [0.25, 0.3) is 0 Å². The Labute approximate surface area is 216 Å². The lowest BCUT2D eigenvalue weighted by Crippen LogP contribution is -2.49. The molecule has 0 fully saturated rings. The van der Waals surface area contributed by atoms with Crippen molar-refractivity contribution >= 4 is 58.4 Å². The number of nitrogens with one attached hydrogen (secondary N) is 1. The minimum Gasteiger partial charge on any atom is -0.354 e. The minimum absolute atomic E-state index is 0.0460. The van der Waals surface area contributed by atoms with E-state index in [-0.39, 0.29) is 11.8 Å². The maximum absolute atomic E-state index is 13.3. The first-order valence-corrected chi connectivity index (χ1v) is 13.4. The molecule has 2 rings (SSSR count). The van der Waals surface area contributed by atoms with Crippen molar-refractivity contribution in [2.75, 3.05) is 12.3 Å². The van der Waals surface area contributed by atoms with Gasteiger partial charge in [-0.1, -0.05) is 61.1 Å². The molecule has 0 saturated heterocycles. The summed E-state index contributed by atoms with van der Waals surface area (Å²) in [6, 6.07) is 12.4. The first kappa shape index (κ1) is 27.8. The van der Waals surface area contributed by atoms with E-state index >= 15 is 0 Å². The molecule has 0 bridgehead atoms. The predicted molar refractivity (Wildman–Crippen MR) is 140 cm³/mol. The Balaban J connectivity index is 2.06. The Kier molecular flexibility index (Phi) is 12.5. The van der Waals surface area contributed by atoms with E-state index in [0.29, 0.717) is 47.4 Å². The van der Waals surface area contributed by atoms with Crippen LogP contribution in [0, 0.1) is 0 Å². The van der Waals surface area contributed by atoms with Crippen LogP contribution < -0.4 is 5.32 Å². The summed E-state index contributed by atoms with van der Waals surface area (Å²) in [5, 5.41) is 4.57. The SMILES string of the molecule is CCCCNC(=O)[C@H](CC)N(Cc1ccc(Cl)c(Cl)c1)C(=O)CCCSc1ccc(Cl)cc1. The maximum atomic E-state index is 13.3. The summed E-state index contributed by atoms with van der Waals surface area (Å²) in [5.74, 6) is 0.637. The molecule has 0 spiro atoms.